The zero-order valence-corrected chi connectivity index (χ0v) is 16.7. The Morgan fingerprint density at radius 3 is 2.37 bits per heavy atom. The summed E-state index contributed by atoms with van der Waals surface area (Å²) in [5.74, 6) is -0.321. The molecule has 0 saturated carbocycles. The van der Waals surface area contributed by atoms with Crippen LogP contribution in [0.5, 0.6) is 0 Å². The zero-order valence-electron chi connectivity index (χ0n) is 15.1. The molecule has 0 radical (unpaired) electrons. The summed E-state index contributed by atoms with van der Waals surface area (Å²) < 4.78 is 27.2. The molecule has 0 aliphatic carbocycles. The molecule has 1 amide bonds. The first-order valence-corrected chi connectivity index (χ1v) is 10.5. The number of nitrogens with one attached hydrogen (secondary N) is 2. The maximum absolute atomic E-state index is 12.6. The highest BCUT2D eigenvalue weighted by atomic mass is 32.2. The van der Waals surface area contributed by atoms with Gasteiger partial charge in [-0.15, -0.1) is 0 Å². The number of aryl methyl sites for hydroxylation is 3. The molecule has 1 heterocycles. The lowest BCUT2D eigenvalue weighted by Gasteiger charge is -2.07. The first-order valence-electron chi connectivity index (χ1n) is 8.20. The third kappa shape index (κ3) is 4.35. The first-order chi connectivity index (χ1) is 12.8. The Morgan fingerprint density at radius 1 is 1.00 bits per heavy atom. The van der Waals surface area contributed by atoms with E-state index >= 15 is 0 Å². The monoisotopic (exact) mass is 401 g/mol. The van der Waals surface area contributed by atoms with Crippen LogP contribution in [0.25, 0.3) is 0 Å². The van der Waals surface area contributed by atoms with Crippen molar-refractivity contribution in [2.75, 3.05) is 10.0 Å². The Labute approximate surface area is 162 Å². The maximum atomic E-state index is 12.6. The number of sulfonamides is 1. The molecule has 0 saturated heterocycles. The van der Waals surface area contributed by atoms with E-state index in [2.05, 4.69) is 15.0 Å². The Morgan fingerprint density at radius 2 is 1.70 bits per heavy atom. The van der Waals surface area contributed by atoms with E-state index < -0.39 is 10.0 Å². The number of aromatic nitrogens is 1. The molecule has 0 atom stereocenters. The summed E-state index contributed by atoms with van der Waals surface area (Å²) in [5.41, 5.74) is 3.36. The Hall–Kier alpha value is -2.71. The van der Waals surface area contributed by atoms with Gasteiger partial charge in [-0.2, -0.15) is 0 Å². The van der Waals surface area contributed by atoms with Gasteiger partial charge in [0.1, 0.15) is 4.88 Å². The lowest BCUT2D eigenvalue weighted by atomic mass is 10.1. The number of nitrogens with zero attached hydrogens (tertiary/aromatic N) is 1. The van der Waals surface area contributed by atoms with Crippen molar-refractivity contribution in [3.05, 3.63) is 70.2 Å². The Kier molecular flexibility index (Phi) is 5.29. The van der Waals surface area contributed by atoms with Crippen molar-refractivity contribution in [3.8, 4) is 0 Å². The first kappa shape index (κ1) is 19.1. The van der Waals surface area contributed by atoms with Crippen LogP contribution in [0.4, 0.5) is 10.8 Å². The molecule has 27 heavy (non-hydrogen) atoms. The molecular weight excluding hydrogens is 382 g/mol. The van der Waals surface area contributed by atoms with Gasteiger partial charge in [0, 0.05) is 5.69 Å². The van der Waals surface area contributed by atoms with E-state index in [0.29, 0.717) is 16.3 Å². The summed E-state index contributed by atoms with van der Waals surface area (Å²) in [6.45, 7) is 5.64. The third-order valence-electron chi connectivity index (χ3n) is 4.04. The molecule has 0 aliphatic rings. The molecule has 3 aromatic rings. The van der Waals surface area contributed by atoms with Gasteiger partial charge in [0.05, 0.1) is 10.6 Å². The van der Waals surface area contributed by atoms with Crippen LogP contribution in [0.3, 0.4) is 0 Å². The van der Waals surface area contributed by atoms with Gasteiger partial charge >= 0.3 is 0 Å². The van der Waals surface area contributed by atoms with Gasteiger partial charge in [-0.1, -0.05) is 35.6 Å². The smallest absolute Gasteiger partial charge is 0.267 e. The molecule has 2 aromatic carbocycles. The van der Waals surface area contributed by atoms with Crippen molar-refractivity contribution in [2.24, 2.45) is 0 Å². The number of rotatable bonds is 5. The predicted molar refractivity (Wildman–Crippen MR) is 108 cm³/mol. The van der Waals surface area contributed by atoms with Crippen LogP contribution in [0, 0.1) is 20.8 Å². The average molecular weight is 402 g/mol. The number of carbonyl (C=O) groups is 1. The molecule has 0 fully saturated rings. The van der Waals surface area contributed by atoms with E-state index in [-0.39, 0.29) is 15.9 Å². The average Bonchev–Trinajstić information content (AvgIpc) is 2.98. The largest absolute Gasteiger partial charge is 0.321 e. The molecule has 8 heteroatoms. The highest BCUT2D eigenvalue weighted by Crippen LogP contribution is 2.26. The van der Waals surface area contributed by atoms with Gasteiger partial charge in [-0.25, -0.2) is 13.4 Å². The number of thiazole rings is 1. The number of hydrogen-bond acceptors (Lipinski definition) is 5. The molecule has 140 valence electrons. The third-order valence-corrected chi connectivity index (χ3v) is 6.60. The fourth-order valence-corrected chi connectivity index (χ4v) is 4.55. The molecule has 1 aromatic heterocycles. The lowest BCUT2D eigenvalue weighted by molar-refractivity contribution is 0.103. The van der Waals surface area contributed by atoms with E-state index in [9.17, 15) is 13.2 Å². The number of benzene rings is 2. The van der Waals surface area contributed by atoms with Crippen molar-refractivity contribution >= 4 is 38.1 Å². The molecule has 6 nitrogen and oxygen atoms in total. The lowest BCUT2D eigenvalue weighted by Crippen LogP contribution is -2.12. The number of anilines is 2. The van der Waals surface area contributed by atoms with Crippen molar-refractivity contribution < 1.29 is 13.2 Å². The number of carbonyl (C=O) groups excluding carboxylic acids is 1. The maximum Gasteiger partial charge on any atom is 0.267 e. The second-order valence-corrected chi connectivity index (χ2v) is 8.79. The van der Waals surface area contributed by atoms with E-state index in [1.807, 2.05) is 32.0 Å². The van der Waals surface area contributed by atoms with Gasteiger partial charge in [0.25, 0.3) is 15.9 Å². The molecule has 2 N–H and O–H groups in total. The minimum atomic E-state index is -3.75. The van der Waals surface area contributed by atoms with Crippen LogP contribution in [0.1, 0.15) is 26.5 Å². The van der Waals surface area contributed by atoms with E-state index in [0.717, 1.165) is 22.5 Å². The fourth-order valence-electron chi connectivity index (χ4n) is 2.43. The van der Waals surface area contributed by atoms with Crippen molar-refractivity contribution in [3.63, 3.8) is 0 Å². The van der Waals surface area contributed by atoms with E-state index in [4.69, 9.17) is 0 Å². The normalized spacial score (nSPS) is 11.2. The van der Waals surface area contributed by atoms with Gasteiger partial charge in [-0.3, -0.25) is 9.52 Å². The minimum Gasteiger partial charge on any atom is -0.321 e. The predicted octanol–water partition coefficient (Wildman–Crippen LogP) is 4.12. The topological polar surface area (TPSA) is 88.2 Å². The molecule has 0 aliphatic heterocycles. The SMILES string of the molecule is Cc1ccc(NC(=O)c2sc(NS(=O)(=O)c3ccccc3)nc2C)cc1C. The summed E-state index contributed by atoms with van der Waals surface area (Å²) in [5, 5.41) is 2.98. The molecular formula is C19H19N3O3S2. The van der Waals surface area contributed by atoms with Crippen molar-refractivity contribution in [1.82, 2.24) is 4.98 Å². The second-order valence-electron chi connectivity index (χ2n) is 6.11. The van der Waals surface area contributed by atoms with Crippen molar-refractivity contribution in [2.45, 2.75) is 25.7 Å². The highest BCUT2D eigenvalue weighted by molar-refractivity contribution is 7.93. The van der Waals surface area contributed by atoms with E-state index in [1.54, 1.807) is 25.1 Å². The highest BCUT2D eigenvalue weighted by Gasteiger charge is 2.20. The molecule has 0 spiro atoms. The van der Waals surface area contributed by atoms with Crippen LogP contribution in [0.2, 0.25) is 0 Å². The van der Waals surface area contributed by atoms with Gasteiger partial charge in [-0.05, 0) is 56.2 Å². The van der Waals surface area contributed by atoms with Crippen LogP contribution in [-0.2, 0) is 10.0 Å². The number of hydrogen-bond donors (Lipinski definition) is 2. The van der Waals surface area contributed by atoms with Crippen LogP contribution >= 0.6 is 11.3 Å². The molecule has 3 rings (SSSR count). The summed E-state index contributed by atoms with van der Waals surface area (Å²) >= 11 is 1.00. The Bertz CT molecular complexity index is 1090. The molecule has 0 bridgehead atoms. The second kappa shape index (κ2) is 7.50. The minimum absolute atomic E-state index is 0.138. The Balaban J connectivity index is 1.79. The number of amides is 1. The van der Waals surface area contributed by atoms with Gasteiger partial charge < -0.3 is 5.32 Å². The fraction of sp³-hybridized carbons (Fsp3) is 0.158. The summed E-state index contributed by atoms with van der Waals surface area (Å²) in [7, 11) is -3.75. The zero-order chi connectivity index (χ0) is 19.6. The van der Waals surface area contributed by atoms with E-state index in [1.165, 1.54) is 12.1 Å². The standard InChI is InChI=1S/C19H19N3O3S2/c1-12-9-10-15(11-13(12)2)21-18(23)17-14(3)20-19(26-17)22-27(24,25)16-7-5-4-6-8-16/h4-11H,1-3H3,(H,20,22)(H,21,23). The summed E-state index contributed by atoms with van der Waals surface area (Å²) in [6, 6.07) is 13.7. The van der Waals surface area contributed by atoms with Crippen molar-refractivity contribution in [1.29, 1.82) is 0 Å². The van der Waals surface area contributed by atoms with Crippen LogP contribution in [-0.4, -0.2) is 19.3 Å². The summed E-state index contributed by atoms with van der Waals surface area (Å²) in [6.07, 6.45) is 0. The molecule has 0 unspecified atom stereocenters. The van der Waals surface area contributed by atoms with Gasteiger partial charge in [0.15, 0.2) is 5.13 Å². The van der Waals surface area contributed by atoms with Crippen LogP contribution < -0.4 is 10.0 Å². The summed E-state index contributed by atoms with van der Waals surface area (Å²) in [4.78, 5) is 17.2. The quantitative estimate of drug-likeness (QED) is 0.673. The van der Waals surface area contributed by atoms with Crippen LogP contribution in [0.15, 0.2) is 53.4 Å². The van der Waals surface area contributed by atoms with Gasteiger partial charge in [0.2, 0.25) is 0 Å².